The molecule has 0 radical (unpaired) electrons. The zero-order valence-corrected chi connectivity index (χ0v) is 54.4. The van der Waals surface area contributed by atoms with Gasteiger partial charge in [-0.1, -0.05) is 288 Å². The Morgan fingerprint density at radius 3 is 0.927 bits per heavy atom. The first-order valence-electron chi connectivity index (χ1n) is 34.5. The van der Waals surface area contributed by atoms with Crippen molar-refractivity contribution in [1.29, 1.82) is 0 Å². The minimum atomic E-state index is -4.76. The van der Waals surface area contributed by atoms with Gasteiger partial charge in [0, 0.05) is 19.3 Å². The van der Waals surface area contributed by atoms with E-state index in [4.69, 9.17) is 23.3 Å². The van der Waals surface area contributed by atoms with Crippen LogP contribution in [-0.2, 0) is 42.2 Å². The molecule has 0 aromatic heterocycles. The monoisotopic (exact) mass is 1180 g/mol. The molecule has 0 bridgehead atoms. The summed E-state index contributed by atoms with van der Waals surface area (Å²) in [5, 5.41) is 9.88. The molecule has 0 aliphatic carbocycles. The zero-order chi connectivity index (χ0) is 59.8. The number of carbonyl (C=O) groups is 3. The Balaban J connectivity index is 4.64. The van der Waals surface area contributed by atoms with E-state index in [0.29, 0.717) is 19.3 Å². The molecule has 0 heterocycles. The molecule has 0 saturated carbocycles. The lowest BCUT2D eigenvalue weighted by atomic mass is 10.0. The van der Waals surface area contributed by atoms with Gasteiger partial charge in [-0.15, -0.1) is 0 Å². The van der Waals surface area contributed by atoms with Gasteiger partial charge in [-0.3, -0.25) is 23.4 Å². The molecule has 480 valence electrons. The number of carbonyl (C=O) groups excluding carboxylic acids is 3. The molecule has 0 aliphatic rings. The summed E-state index contributed by atoms with van der Waals surface area (Å²) in [6.45, 7) is 4.67. The second-order valence-corrected chi connectivity index (χ2v) is 24.8. The third-order valence-electron chi connectivity index (χ3n) is 15.2. The lowest BCUT2D eigenvalue weighted by Gasteiger charge is -2.21. The Morgan fingerprint density at radius 2 is 0.598 bits per heavy atom. The van der Waals surface area contributed by atoms with E-state index in [1.807, 2.05) is 0 Å². The van der Waals surface area contributed by atoms with Crippen molar-refractivity contribution < 1.29 is 52.2 Å². The number of unbranched alkanes of at least 4 members (excludes halogenated alkanes) is 40. The molecular weight excluding hydrogens is 1050 g/mol. The van der Waals surface area contributed by atoms with Crippen molar-refractivity contribution in [3.8, 4) is 0 Å². The first-order chi connectivity index (χ1) is 40.2. The van der Waals surface area contributed by atoms with Crippen molar-refractivity contribution in [3.63, 3.8) is 0 Å². The fourth-order valence-electron chi connectivity index (χ4n) is 9.95. The van der Waals surface area contributed by atoms with E-state index in [9.17, 15) is 28.9 Å². The minimum absolute atomic E-state index is 0.166. The third kappa shape index (κ3) is 62.0. The topological polar surface area (TPSA) is 155 Å². The number of phosphoric ester groups is 1. The number of esters is 3. The highest BCUT2D eigenvalue weighted by molar-refractivity contribution is 7.47. The van der Waals surface area contributed by atoms with E-state index >= 15 is 0 Å². The van der Waals surface area contributed by atoms with Gasteiger partial charge in [-0.25, -0.2) is 4.57 Å². The Bertz CT molecular complexity index is 1560. The summed E-state index contributed by atoms with van der Waals surface area (Å²) >= 11 is 0. The number of hydrogen-bond acceptors (Lipinski definition) is 10. The molecule has 0 aromatic rings. The molecule has 11 nitrogen and oxygen atoms in total. The zero-order valence-electron chi connectivity index (χ0n) is 53.5. The molecule has 3 unspecified atom stereocenters. The number of hydrogen-bond donors (Lipinski definition) is 2. The summed E-state index contributed by atoms with van der Waals surface area (Å²) in [6, 6.07) is 0. The van der Waals surface area contributed by atoms with E-state index in [2.05, 4.69) is 69.4 Å². The molecule has 3 atom stereocenters. The van der Waals surface area contributed by atoms with Crippen LogP contribution in [0, 0.1) is 0 Å². The average molecular weight is 1180 g/mol. The van der Waals surface area contributed by atoms with Gasteiger partial charge in [-0.05, 0) is 83.5 Å². The van der Waals surface area contributed by atoms with Gasteiger partial charge in [0.15, 0.2) is 6.10 Å². The summed E-state index contributed by atoms with van der Waals surface area (Å²) in [4.78, 5) is 48.9. The lowest BCUT2D eigenvalue weighted by Crippen LogP contribution is -2.30. The highest BCUT2D eigenvalue weighted by Crippen LogP contribution is 2.43. The normalized spacial score (nSPS) is 13.5. The first-order valence-corrected chi connectivity index (χ1v) is 36.0. The summed E-state index contributed by atoms with van der Waals surface area (Å²) < 4.78 is 39.8. The highest BCUT2D eigenvalue weighted by atomic mass is 31.2. The van der Waals surface area contributed by atoms with E-state index in [1.165, 1.54) is 199 Å². The summed E-state index contributed by atoms with van der Waals surface area (Å²) in [5.74, 6) is -1.45. The van der Waals surface area contributed by atoms with Crippen LogP contribution in [0.1, 0.15) is 342 Å². The van der Waals surface area contributed by atoms with Gasteiger partial charge in [0.05, 0.1) is 19.8 Å². The SMILES string of the molecule is CCCCC/C=C\C/C=C\CCCCCCCCCCCC(=O)OC(CO)COP(=O)(O)OCC(COC(=O)CCCCCCCCCCCCCCCCCCC)OC(=O)CCCCCCCCCCC/C=C\C/C=C\CCCCC. The van der Waals surface area contributed by atoms with Gasteiger partial charge in [0.25, 0.3) is 0 Å². The van der Waals surface area contributed by atoms with Crippen LogP contribution < -0.4 is 0 Å². The fourth-order valence-corrected chi connectivity index (χ4v) is 10.7. The van der Waals surface area contributed by atoms with Crippen LogP contribution in [0.15, 0.2) is 48.6 Å². The summed E-state index contributed by atoms with van der Waals surface area (Å²) in [7, 11) is -4.76. The van der Waals surface area contributed by atoms with Crippen LogP contribution in [0.2, 0.25) is 0 Å². The van der Waals surface area contributed by atoms with E-state index in [1.54, 1.807) is 0 Å². The van der Waals surface area contributed by atoms with E-state index in [-0.39, 0.29) is 25.9 Å². The molecule has 12 heteroatoms. The van der Waals surface area contributed by atoms with Gasteiger partial charge in [0.2, 0.25) is 0 Å². The van der Waals surface area contributed by atoms with Crippen molar-refractivity contribution in [2.75, 3.05) is 26.4 Å². The van der Waals surface area contributed by atoms with Crippen LogP contribution in [0.5, 0.6) is 0 Å². The molecule has 0 saturated heterocycles. The summed E-state index contributed by atoms with van der Waals surface area (Å²) in [6.07, 6.45) is 71.9. The van der Waals surface area contributed by atoms with Gasteiger partial charge in [-0.2, -0.15) is 0 Å². The number of aliphatic hydroxyl groups excluding tert-OH is 1. The van der Waals surface area contributed by atoms with Crippen LogP contribution in [0.3, 0.4) is 0 Å². The predicted molar refractivity (Wildman–Crippen MR) is 344 cm³/mol. The number of allylic oxidation sites excluding steroid dienone is 8. The quantitative estimate of drug-likeness (QED) is 0.0197. The second-order valence-electron chi connectivity index (χ2n) is 23.3. The number of rotatable bonds is 65. The summed E-state index contributed by atoms with van der Waals surface area (Å²) in [5.41, 5.74) is 0. The molecule has 82 heavy (non-hydrogen) atoms. The van der Waals surface area contributed by atoms with Crippen LogP contribution in [-0.4, -0.2) is 66.5 Å². The van der Waals surface area contributed by atoms with Crippen molar-refractivity contribution in [2.24, 2.45) is 0 Å². The van der Waals surface area contributed by atoms with Crippen molar-refractivity contribution in [1.82, 2.24) is 0 Å². The lowest BCUT2D eigenvalue weighted by molar-refractivity contribution is -0.161. The van der Waals surface area contributed by atoms with Crippen LogP contribution >= 0.6 is 7.82 Å². The van der Waals surface area contributed by atoms with E-state index < -0.39 is 57.8 Å². The number of aliphatic hydroxyl groups is 1. The predicted octanol–water partition coefficient (Wildman–Crippen LogP) is 21.3. The molecule has 0 fully saturated rings. The average Bonchev–Trinajstić information content (AvgIpc) is 3.47. The van der Waals surface area contributed by atoms with Crippen LogP contribution in [0.25, 0.3) is 0 Å². The standard InChI is InChI=1S/C70H129O11P/c1-4-7-10-13-16-19-22-25-28-31-33-36-39-42-45-48-51-54-57-60-69(73)80-66(62-71)64-78-82(75,76)79-65-67(63-77-68(72)59-56-53-50-47-44-41-38-35-30-27-24-21-18-15-12-9-6-3)81-70(74)61-58-55-52-49-46-43-40-37-34-32-29-26-23-20-17-14-11-8-5-2/h16-17,19-20,25-26,28-29,66-67,71H,4-15,18,21-24,27,30-65H2,1-3H3,(H,75,76)/b19-16-,20-17-,28-25-,29-26-. The maximum Gasteiger partial charge on any atom is 0.472 e. The number of phosphoric acid groups is 1. The minimum Gasteiger partial charge on any atom is -0.462 e. The van der Waals surface area contributed by atoms with Gasteiger partial charge < -0.3 is 24.2 Å². The van der Waals surface area contributed by atoms with Crippen molar-refractivity contribution in [2.45, 2.75) is 354 Å². The van der Waals surface area contributed by atoms with Crippen LogP contribution in [0.4, 0.5) is 0 Å². The maximum atomic E-state index is 13.0. The third-order valence-corrected chi connectivity index (χ3v) is 16.2. The maximum absolute atomic E-state index is 13.0. The van der Waals surface area contributed by atoms with Crippen molar-refractivity contribution in [3.05, 3.63) is 48.6 Å². The van der Waals surface area contributed by atoms with E-state index in [0.717, 1.165) is 83.5 Å². The Kier molecular flexibility index (Phi) is 62.4. The Labute approximate surface area is 504 Å². The number of ether oxygens (including phenoxy) is 3. The molecule has 2 N–H and O–H groups in total. The molecule has 0 spiro atoms. The van der Waals surface area contributed by atoms with Gasteiger partial charge >= 0.3 is 25.7 Å². The Hall–Kier alpha value is -2.56. The molecule has 0 amide bonds. The van der Waals surface area contributed by atoms with Crippen molar-refractivity contribution >= 4 is 25.7 Å². The molecule has 0 aromatic carbocycles. The highest BCUT2D eigenvalue weighted by Gasteiger charge is 2.28. The largest absolute Gasteiger partial charge is 0.472 e. The van der Waals surface area contributed by atoms with Gasteiger partial charge in [0.1, 0.15) is 12.7 Å². The first kappa shape index (κ1) is 79.4. The molecule has 0 rings (SSSR count). The second kappa shape index (κ2) is 64.4. The molecular formula is C70H129O11P. The Morgan fingerprint density at radius 1 is 0.341 bits per heavy atom. The smallest absolute Gasteiger partial charge is 0.462 e. The fraction of sp³-hybridized carbons (Fsp3) is 0.843. The molecule has 0 aliphatic heterocycles.